The number of nitrogens with zero attached hydrogens (tertiary/aromatic N) is 1. The molecule has 1 aliphatic heterocycles. The van der Waals surface area contributed by atoms with E-state index in [1.54, 1.807) is 6.92 Å². The van der Waals surface area contributed by atoms with Crippen molar-refractivity contribution in [3.8, 4) is 5.75 Å². The maximum Gasteiger partial charge on any atom is 0.307 e. The van der Waals surface area contributed by atoms with Crippen LogP contribution >= 0.6 is 0 Å². The number of carboxylic acids is 1. The maximum atomic E-state index is 12.2. The van der Waals surface area contributed by atoms with Crippen LogP contribution in [0, 0.1) is 19.8 Å². The van der Waals surface area contributed by atoms with E-state index < -0.39 is 11.9 Å². The number of hydrogen-bond acceptors (Lipinski definition) is 5. The zero-order valence-corrected chi connectivity index (χ0v) is 22.5. The summed E-state index contributed by atoms with van der Waals surface area (Å²) in [6, 6.07) is 18.6. The van der Waals surface area contributed by atoms with Crippen LogP contribution in [0.1, 0.15) is 59.6 Å². The summed E-state index contributed by atoms with van der Waals surface area (Å²) in [5.74, 6) is -0.788. The van der Waals surface area contributed by atoms with Gasteiger partial charge in [0.15, 0.2) is 0 Å². The number of aryl methyl sites for hydroxylation is 1. The van der Waals surface area contributed by atoms with Crippen molar-refractivity contribution in [2.45, 2.75) is 59.2 Å². The molecule has 37 heavy (non-hydrogen) atoms. The van der Waals surface area contributed by atoms with Gasteiger partial charge in [-0.15, -0.1) is 0 Å². The average molecular weight is 502 g/mol. The first kappa shape index (κ1) is 26.6. The highest BCUT2D eigenvalue weighted by Gasteiger charge is 2.30. The fourth-order valence-electron chi connectivity index (χ4n) is 5.37. The largest absolute Gasteiger partial charge is 0.489 e. The van der Waals surface area contributed by atoms with E-state index in [4.69, 9.17) is 10.5 Å². The zero-order chi connectivity index (χ0) is 26.7. The Balaban J connectivity index is 1.72. The van der Waals surface area contributed by atoms with Crippen LogP contribution in [0.2, 0.25) is 0 Å². The lowest BCUT2D eigenvalue weighted by Crippen LogP contribution is -2.32. The number of nitrogens with two attached hydrogens (primary N) is 1. The van der Waals surface area contributed by atoms with Gasteiger partial charge >= 0.3 is 5.97 Å². The monoisotopic (exact) mass is 501 g/mol. The Hall–Kier alpha value is -3.51. The second-order valence-electron chi connectivity index (χ2n) is 10.2. The van der Waals surface area contributed by atoms with E-state index in [0.717, 1.165) is 54.2 Å². The van der Waals surface area contributed by atoms with Gasteiger partial charge in [-0.1, -0.05) is 56.3 Å². The lowest BCUT2D eigenvalue weighted by molar-refractivity contribution is -0.141. The summed E-state index contributed by atoms with van der Waals surface area (Å²) < 4.78 is 6.30. The van der Waals surface area contributed by atoms with Crippen molar-refractivity contribution in [1.82, 2.24) is 4.90 Å². The number of para-hydroxylation sites is 1. The number of ether oxygens (including phenoxy) is 1. The van der Waals surface area contributed by atoms with Gasteiger partial charge in [-0.2, -0.15) is 0 Å². The Kier molecular flexibility index (Phi) is 8.08. The fraction of sp³-hybridized carbons (Fsp3) is 0.387. The maximum absolute atomic E-state index is 12.2. The van der Waals surface area contributed by atoms with Crippen LogP contribution in [0.4, 0.5) is 11.4 Å². The molecule has 0 bridgehead atoms. The number of aliphatic carboxylic acids is 1. The van der Waals surface area contributed by atoms with Gasteiger partial charge < -0.3 is 20.9 Å². The van der Waals surface area contributed by atoms with Crippen LogP contribution in [0.25, 0.3) is 0 Å². The fourth-order valence-corrected chi connectivity index (χ4v) is 5.37. The summed E-state index contributed by atoms with van der Waals surface area (Å²) in [7, 11) is 1.84. The summed E-state index contributed by atoms with van der Waals surface area (Å²) >= 11 is 0. The molecule has 0 radical (unpaired) electrons. The van der Waals surface area contributed by atoms with Gasteiger partial charge in [-0.25, -0.2) is 0 Å². The molecule has 6 nitrogen and oxygen atoms in total. The number of benzene rings is 3. The predicted molar refractivity (Wildman–Crippen MR) is 150 cm³/mol. The number of carbonyl (C=O) groups is 1. The third-order valence-corrected chi connectivity index (χ3v) is 7.75. The number of rotatable bonds is 8. The van der Waals surface area contributed by atoms with E-state index in [1.807, 2.05) is 32.2 Å². The molecule has 0 aliphatic carbocycles. The molecule has 1 aliphatic rings. The Labute approximate surface area is 220 Å². The molecule has 0 spiro atoms. The Morgan fingerprint density at radius 1 is 1.19 bits per heavy atom. The highest BCUT2D eigenvalue weighted by molar-refractivity contribution is 5.75. The molecule has 3 aromatic rings. The van der Waals surface area contributed by atoms with Crippen LogP contribution in [-0.2, 0) is 17.9 Å². The van der Waals surface area contributed by atoms with Crippen LogP contribution in [0.15, 0.2) is 54.6 Å². The highest BCUT2D eigenvalue weighted by Crippen LogP contribution is 2.39. The first-order valence-electron chi connectivity index (χ1n) is 13.1. The van der Waals surface area contributed by atoms with Crippen molar-refractivity contribution < 1.29 is 14.6 Å². The van der Waals surface area contributed by atoms with E-state index in [1.165, 1.54) is 16.7 Å². The van der Waals surface area contributed by atoms with Crippen molar-refractivity contribution in [2.24, 2.45) is 5.92 Å². The third-order valence-electron chi connectivity index (χ3n) is 7.75. The SMILES string of the molecule is CCC1CN(Cc2cc([C@@H](c3ccc(NC)c(N)c3C)C(C)C(=O)O)ccc2C)Cc2ccccc2O1. The van der Waals surface area contributed by atoms with E-state index >= 15 is 0 Å². The topological polar surface area (TPSA) is 87.8 Å². The molecule has 4 N–H and O–H groups in total. The van der Waals surface area contributed by atoms with Gasteiger partial charge in [0.1, 0.15) is 11.9 Å². The number of hydrogen-bond donors (Lipinski definition) is 3. The second-order valence-corrected chi connectivity index (χ2v) is 10.2. The molecule has 3 atom stereocenters. The lowest BCUT2D eigenvalue weighted by Gasteiger charge is -2.28. The number of fused-ring (bicyclic) bond motifs is 1. The first-order valence-corrected chi connectivity index (χ1v) is 13.1. The van der Waals surface area contributed by atoms with Crippen LogP contribution < -0.4 is 15.8 Å². The van der Waals surface area contributed by atoms with Crippen LogP contribution in [0.3, 0.4) is 0 Å². The molecule has 2 unspecified atom stereocenters. The minimum absolute atomic E-state index is 0.128. The van der Waals surface area contributed by atoms with Crippen molar-refractivity contribution in [1.29, 1.82) is 0 Å². The van der Waals surface area contributed by atoms with Crippen molar-refractivity contribution in [3.63, 3.8) is 0 Å². The molecular formula is C31H39N3O3. The van der Waals surface area contributed by atoms with Crippen molar-refractivity contribution >= 4 is 17.3 Å². The number of nitrogens with one attached hydrogen (secondary N) is 1. The van der Waals surface area contributed by atoms with Gasteiger partial charge in [-0.3, -0.25) is 9.69 Å². The van der Waals surface area contributed by atoms with E-state index in [-0.39, 0.29) is 12.0 Å². The van der Waals surface area contributed by atoms with Gasteiger partial charge in [0.25, 0.3) is 0 Å². The molecule has 1 heterocycles. The van der Waals surface area contributed by atoms with Crippen LogP contribution in [-0.4, -0.2) is 35.7 Å². The molecule has 0 saturated heterocycles. The minimum Gasteiger partial charge on any atom is -0.489 e. The second kappa shape index (κ2) is 11.3. The number of carboxylic acid groups (broad SMARTS) is 1. The molecule has 3 aromatic carbocycles. The van der Waals surface area contributed by atoms with E-state index in [2.05, 4.69) is 60.5 Å². The first-order chi connectivity index (χ1) is 17.7. The molecule has 0 saturated carbocycles. The molecule has 0 amide bonds. The number of anilines is 2. The quantitative estimate of drug-likeness (QED) is 0.331. The van der Waals surface area contributed by atoms with Gasteiger partial charge in [0.2, 0.25) is 0 Å². The third kappa shape index (κ3) is 5.59. The minimum atomic E-state index is -0.824. The molecule has 196 valence electrons. The lowest BCUT2D eigenvalue weighted by atomic mass is 9.78. The standard InChI is InChI=1S/C31H39N3O3/c1-6-25-18-34(16-23-9-7-8-10-28(23)37-25)17-24-15-22(12-11-19(24)2)29(21(4)31(35)36)26-13-14-27(33-5)30(32)20(26)3/h7-15,21,25,29,33H,6,16-18,32H2,1-5H3,(H,35,36)/t21?,25?,29-/m0/s1. The molecule has 0 aromatic heterocycles. The van der Waals surface area contributed by atoms with Crippen molar-refractivity contribution in [2.75, 3.05) is 24.6 Å². The Morgan fingerprint density at radius 2 is 1.95 bits per heavy atom. The van der Waals surface area contributed by atoms with Crippen LogP contribution in [0.5, 0.6) is 5.75 Å². The molecule has 4 rings (SSSR count). The number of nitrogen functional groups attached to an aromatic ring is 1. The molecular weight excluding hydrogens is 462 g/mol. The zero-order valence-electron chi connectivity index (χ0n) is 22.5. The summed E-state index contributed by atoms with van der Waals surface area (Å²) in [6.45, 7) is 10.5. The van der Waals surface area contributed by atoms with Crippen molar-refractivity contribution in [3.05, 3.63) is 88.0 Å². The van der Waals surface area contributed by atoms with E-state index in [9.17, 15) is 9.90 Å². The van der Waals surface area contributed by atoms with E-state index in [0.29, 0.717) is 5.69 Å². The molecule has 0 fully saturated rings. The summed E-state index contributed by atoms with van der Waals surface area (Å²) in [5, 5.41) is 13.2. The highest BCUT2D eigenvalue weighted by atomic mass is 16.5. The predicted octanol–water partition coefficient (Wildman–Crippen LogP) is 5.95. The Morgan fingerprint density at radius 3 is 2.65 bits per heavy atom. The molecule has 6 heteroatoms. The smallest absolute Gasteiger partial charge is 0.307 e. The summed E-state index contributed by atoms with van der Waals surface area (Å²) in [6.07, 6.45) is 1.06. The van der Waals surface area contributed by atoms with Gasteiger partial charge in [0.05, 0.1) is 17.3 Å². The Bertz CT molecular complexity index is 1270. The normalized spacial score (nSPS) is 17.3. The average Bonchev–Trinajstić information content (AvgIpc) is 3.07. The summed E-state index contributed by atoms with van der Waals surface area (Å²) in [4.78, 5) is 14.7. The van der Waals surface area contributed by atoms with Gasteiger partial charge in [-0.05, 0) is 60.2 Å². The van der Waals surface area contributed by atoms with Gasteiger partial charge in [0, 0.05) is 38.2 Å². The summed E-state index contributed by atoms with van der Waals surface area (Å²) in [5.41, 5.74) is 14.4.